The fraction of sp³-hybridized carbons (Fsp3) is 0.500. The molecule has 3 heterocycles. The summed E-state index contributed by atoms with van der Waals surface area (Å²) >= 11 is 0. The number of morpholine rings is 1. The van der Waals surface area contributed by atoms with Gasteiger partial charge in [-0.3, -0.25) is 14.9 Å². The van der Waals surface area contributed by atoms with Crippen LogP contribution in [0.2, 0.25) is 0 Å². The summed E-state index contributed by atoms with van der Waals surface area (Å²) in [6, 6.07) is 0. The maximum absolute atomic E-state index is 12.5. The highest BCUT2D eigenvalue weighted by Crippen LogP contribution is 2.20. The summed E-state index contributed by atoms with van der Waals surface area (Å²) in [6.07, 6.45) is 3.56. The van der Waals surface area contributed by atoms with Crippen molar-refractivity contribution in [2.75, 3.05) is 19.7 Å². The van der Waals surface area contributed by atoms with Crippen LogP contribution in [-0.2, 0) is 11.2 Å². The fourth-order valence-corrected chi connectivity index (χ4v) is 2.27. The number of hydrogen-bond donors (Lipinski definition) is 1. The van der Waals surface area contributed by atoms with Gasteiger partial charge in [-0.25, -0.2) is 9.97 Å². The van der Waals surface area contributed by atoms with Crippen LogP contribution < -0.4 is 0 Å². The SMILES string of the molecule is CCc1nc([C@H]2CN(C(=O)c3cnc(C)cn3)CCO2)n[nH]1. The van der Waals surface area contributed by atoms with Crippen molar-refractivity contribution in [2.24, 2.45) is 0 Å². The number of carbonyl (C=O) groups is 1. The number of rotatable bonds is 3. The number of nitrogens with zero attached hydrogens (tertiary/aromatic N) is 5. The molecular weight excluding hydrogens is 284 g/mol. The second kappa shape index (κ2) is 6.18. The molecule has 1 fully saturated rings. The first-order valence-electron chi connectivity index (χ1n) is 7.28. The Labute approximate surface area is 127 Å². The van der Waals surface area contributed by atoms with Crippen molar-refractivity contribution in [1.29, 1.82) is 0 Å². The lowest BCUT2D eigenvalue weighted by Gasteiger charge is -2.31. The van der Waals surface area contributed by atoms with Crippen LogP contribution in [0.1, 0.15) is 40.9 Å². The van der Waals surface area contributed by atoms with E-state index in [1.54, 1.807) is 11.1 Å². The number of aromatic nitrogens is 5. The Morgan fingerprint density at radius 1 is 1.45 bits per heavy atom. The standard InChI is InChI=1S/C14H18N6O2/c1-3-12-17-13(19-18-12)11-8-20(4-5-22-11)14(21)10-7-15-9(2)6-16-10/h6-7,11H,3-5,8H2,1-2H3,(H,17,18,19)/t11-/m1/s1. The van der Waals surface area contributed by atoms with Gasteiger partial charge in [0.25, 0.3) is 5.91 Å². The first-order valence-corrected chi connectivity index (χ1v) is 7.28. The van der Waals surface area contributed by atoms with Crippen LogP contribution >= 0.6 is 0 Å². The van der Waals surface area contributed by atoms with E-state index in [4.69, 9.17) is 4.74 Å². The lowest BCUT2D eigenvalue weighted by atomic mass is 10.2. The van der Waals surface area contributed by atoms with Crippen LogP contribution in [-0.4, -0.2) is 55.7 Å². The third-order valence-corrected chi connectivity index (χ3v) is 3.53. The van der Waals surface area contributed by atoms with Crippen molar-refractivity contribution in [1.82, 2.24) is 30.0 Å². The van der Waals surface area contributed by atoms with Gasteiger partial charge in [-0.05, 0) is 6.92 Å². The zero-order valence-electron chi connectivity index (χ0n) is 12.6. The number of hydrogen-bond acceptors (Lipinski definition) is 6. The molecule has 2 aromatic heterocycles. The summed E-state index contributed by atoms with van der Waals surface area (Å²) in [5, 5.41) is 7.03. The molecule has 0 saturated carbocycles. The molecule has 1 N–H and O–H groups in total. The van der Waals surface area contributed by atoms with E-state index in [9.17, 15) is 4.79 Å². The van der Waals surface area contributed by atoms with E-state index < -0.39 is 0 Å². The summed E-state index contributed by atoms with van der Waals surface area (Å²) < 4.78 is 5.68. The second-order valence-electron chi connectivity index (χ2n) is 5.15. The summed E-state index contributed by atoms with van der Waals surface area (Å²) in [7, 11) is 0. The van der Waals surface area contributed by atoms with E-state index in [0.717, 1.165) is 17.9 Å². The van der Waals surface area contributed by atoms with Crippen LogP contribution in [0, 0.1) is 6.92 Å². The molecule has 1 saturated heterocycles. The minimum absolute atomic E-state index is 0.146. The molecule has 1 aliphatic heterocycles. The van der Waals surface area contributed by atoms with E-state index in [1.165, 1.54) is 6.20 Å². The Morgan fingerprint density at radius 3 is 3.00 bits per heavy atom. The summed E-state index contributed by atoms with van der Waals surface area (Å²) in [4.78, 5) is 26.8. The third kappa shape index (κ3) is 2.96. The number of carbonyl (C=O) groups excluding carboxylic acids is 1. The number of aromatic amines is 1. The molecule has 0 aliphatic carbocycles. The van der Waals surface area contributed by atoms with Crippen molar-refractivity contribution in [3.05, 3.63) is 35.4 Å². The molecule has 0 aromatic carbocycles. The Kier molecular flexibility index (Phi) is 4.10. The van der Waals surface area contributed by atoms with Gasteiger partial charge in [0.05, 0.1) is 25.0 Å². The number of H-pyrrole nitrogens is 1. The lowest BCUT2D eigenvalue weighted by molar-refractivity contribution is -0.0268. The fourth-order valence-electron chi connectivity index (χ4n) is 2.27. The molecule has 0 bridgehead atoms. The molecule has 116 valence electrons. The molecule has 3 rings (SSSR count). The Balaban J connectivity index is 1.72. The highest BCUT2D eigenvalue weighted by molar-refractivity contribution is 5.92. The molecule has 1 aliphatic rings. The minimum Gasteiger partial charge on any atom is -0.366 e. The Hall–Kier alpha value is -2.35. The van der Waals surface area contributed by atoms with Crippen LogP contribution in [0.4, 0.5) is 0 Å². The lowest BCUT2D eigenvalue weighted by Crippen LogP contribution is -2.42. The van der Waals surface area contributed by atoms with E-state index in [2.05, 4.69) is 25.1 Å². The minimum atomic E-state index is -0.312. The van der Waals surface area contributed by atoms with Crippen LogP contribution in [0.25, 0.3) is 0 Å². The topological polar surface area (TPSA) is 96.9 Å². The van der Waals surface area contributed by atoms with Gasteiger partial charge in [-0.1, -0.05) is 6.92 Å². The maximum atomic E-state index is 12.5. The van der Waals surface area contributed by atoms with E-state index in [1.807, 2.05) is 13.8 Å². The first kappa shape index (κ1) is 14.6. The predicted molar refractivity (Wildman–Crippen MR) is 77.1 cm³/mol. The first-order chi connectivity index (χ1) is 10.7. The maximum Gasteiger partial charge on any atom is 0.274 e. The number of amides is 1. The zero-order chi connectivity index (χ0) is 15.5. The highest BCUT2D eigenvalue weighted by atomic mass is 16.5. The van der Waals surface area contributed by atoms with Gasteiger partial charge in [0, 0.05) is 19.2 Å². The molecule has 0 radical (unpaired) electrons. The number of nitrogens with one attached hydrogen (secondary N) is 1. The van der Waals surface area contributed by atoms with E-state index in [0.29, 0.717) is 31.2 Å². The molecular formula is C14H18N6O2. The largest absolute Gasteiger partial charge is 0.366 e. The van der Waals surface area contributed by atoms with Crippen molar-refractivity contribution in [2.45, 2.75) is 26.4 Å². The summed E-state index contributed by atoms with van der Waals surface area (Å²) in [6.45, 7) is 5.22. The van der Waals surface area contributed by atoms with Gasteiger partial charge < -0.3 is 9.64 Å². The highest BCUT2D eigenvalue weighted by Gasteiger charge is 2.29. The summed E-state index contributed by atoms with van der Waals surface area (Å²) in [5.74, 6) is 1.25. The number of aryl methyl sites for hydroxylation is 2. The Bertz CT molecular complexity index is 654. The quantitative estimate of drug-likeness (QED) is 0.895. The van der Waals surface area contributed by atoms with Crippen molar-refractivity contribution in [3.8, 4) is 0 Å². The average molecular weight is 302 g/mol. The molecule has 2 aromatic rings. The molecule has 8 heteroatoms. The van der Waals surface area contributed by atoms with Gasteiger partial charge in [0.15, 0.2) is 5.82 Å². The molecule has 0 spiro atoms. The molecule has 1 amide bonds. The third-order valence-electron chi connectivity index (χ3n) is 3.53. The van der Waals surface area contributed by atoms with Gasteiger partial charge in [-0.15, -0.1) is 0 Å². The van der Waals surface area contributed by atoms with Gasteiger partial charge in [0.2, 0.25) is 0 Å². The zero-order valence-corrected chi connectivity index (χ0v) is 12.6. The van der Waals surface area contributed by atoms with Gasteiger partial charge >= 0.3 is 0 Å². The molecule has 0 unspecified atom stereocenters. The Morgan fingerprint density at radius 2 is 2.32 bits per heavy atom. The normalized spacial score (nSPS) is 18.5. The summed E-state index contributed by atoms with van der Waals surface area (Å²) in [5.41, 5.74) is 1.12. The molecule has 22 heavy (non-hydrogen) atoms. The smallest absolute Gasteiger partial charge is 0.274 e. The van der Waals surface area contributed by atoms with E-state index in [-0.39, 0.29) is 12.0 Å². The van der Waals surface area contributed by atoms with Crippen LogP contribution in [0.15, 0.2) is 12.4 Å². The van der Waals surface area contributed by atoms with Crippen LogP contribution in [0.5, 0.6) is 0 Å². The van der Waals surface area contributed by atoms with E-state index >= 15 is 0 Å². The number of ether oxygens (including phenoxy) is 1. The van der Waals surface area contributed by atoms with Crippen LogP contribution in [0.3, 0.4) is 0 Å². The molecule has 8 nitrogen and oxygen atoms in total. The average Bonchev–Trinajstić information content (AvgIpc) is 3.04. The predicted octanol–water partition coefficient (Wildman–Crippen LogP) is 0.679. The second-order valence-corrected chi connectivity index (χ2v) is 5.15. The van der Waals surface area contributed by atoms with Gasteiger partial charge in [-0.2, -0.15) is 5.10 Å². The van der Waals surface area contributed by atoms with Gasteiger partial charge in [0.1, 0.15) is 17.6 Å². The van der Waals surface area contributed by atoms with Crippen molar-refractivity contribution < 1.29 is 9.53 Å². The van der Waals surface area contributed by atoms with Crippen molar-refractivity contribution >= 4 is 5.91 Å². The molecule has 1 atom stereocenters. The van der Waals surface area contributed by atoms with Crippen molar-refractivity contribution in [3.63, 3.8) is 0 Å². The monoisotopic (exact) mass is 302 g/mol.